The lowest BCUT2D eigenvalue weighted by Crippen LogP contribution is -2.10. The Labute approximate surface area is 54.8 Å². The molecule has 0 aromatic rings. The number of rotatable bonds is 1. The highest BCUT2D eigenvalue weighted by Crippen LogP contribution is 2.16. The molecule has 1 aliphatic carbocycles. The van der Waals surface area contributed by atoms with E-state index in [2.05, 4.69) is 0 Å². The predicted molar refractivity (Wildman–Crippen MR) is 35.0 cm³/mol. The van der Waals surface area contributed by atoms with E-state index in [0.717, 1.165) is 24.8 Å². The van der Waals surface area contributed by atoms with Crippen molar-refractivity contribution in [2.75, 3.05) is 6.61 Å². The van der Waals surface area contributed by atoms with Crippen LogP contribution in [0.1, 0.15) is 19.3 Å². The Kier molecular flexibility index (Phi) is 2.25. The molecule has 0 fully saturated rings. The van der Waals surface area contributed by atoms with Crippen LogP contribution in [0.15, 0.2) is 11.6 Å². The van der Waals surface area contributed by atoms with Crippen LogP contribution in [0.25, 0.3) is 0 Å². The fraction of sp³-hybridized carbons (Fsp3) is 0.714. The van der Waals surface area contributed by atoms with E-state index < -0.39 is 0 Å². The van der Waals surface area contributed by atoms with E-state index in [1.54, 1.807) is 6.08 Å². The van der Waals surface area contributed by atoms with Crippen LogP contribution in [0, 0.1) is 0 Å². The predicted octanol–water partition coefficient (Wildman–Crippen LogP) is 0.450. The van der Waals surface area contributed by atoms with E-state index in [1.165, 1.54) is 0 Å². The summed E-state index contributed by atoms with van der Waals surface area (Å²) in [7, 11) is 0. The van der Waals surface area contributed by atoms with Crippen LogP contribution in [0.5, 0.6) is 0 Å². The third-order valence-electron chi connectivity index (χ3n) is 1.63. The lowest BCUT2D eigenvalue weighted by molar-refractivity contribution is 0.197. The van der Waals surface area contributed by atoms with Crippen molar-refractivity contribution in [2.45, 2.75) is 25.4 Å². The van der Waals surface area contributed by atoms with Crippen LogP contribution in [0.2, 0.25) is 0 Å². The van der Waals surface area contributed by atoms with Crippen LogP contribution >= 0.6 is 0 Å². The second-order valence-corrected chi connectivity index (χ2v) is 2.44. The average molecular weight is 128 g/mol. The molecule has 9 heavy (non-hydrogen) atoms. The van der Waals surface area contributed by atoms with E-state index >= 15 is 0 Å². The number of hydrogen-bond acceptors (Lipinski definition) is 2. The molecule has 1 unspecified atom stereocenters. The maximum Gasteiger partial charge on any atom is 0.0724 e. The fourth-order valence-corrected chi connectivity index (χ4v) is 1.11. The average Bonchev–Trinajstić information content (AvgIpc) is 1.88. The first-order valence-electron chi connectivity index (χ1n) is 3.31. The zero-order chi connectivity index (χ0) is 6.69. The molecule has 2 heteroatoms. The van der Waals surface area contributed by atoms with Crippen molar-refractivity contribution in [3.8, 4) is 0 Å². The quantitative estimate of drug-likeness (QED) is 0.503. The Morgan fingerprint density at radius 1 is 1.67 bits per heavy atom. The minimum absolute atomic E-state index is 0.108. The summed E-state index contributed by atoms with van der Waals surface area (Å²) in [6, 6.07) is 0. The standard InChI is InChI=1S/C7H12O2/c8-5-6-2-1-3-7(9)4-6/h4,7-9H,1-3,5H2. The summed E-state index contributed by atoms with van der Waals surface area (Å²) in [5, 5.41) is 17.7. The van der Waals surface area contributed by atoms with Crippen molar-refractivity contribution >= 4 is 0 Å². The van der Waals surface area contributed by atoms with Crippen LogP contribution in [0.3, 0.4) is 0 Å². The number of aliphatic hydroxyl groups is 2. The van der Waals surface area contributed by atoms with Gasteiger partial charge in [-0.1, -0.05) is 6.08 Å². The molecule has 0 aliphatic heterocycles. The Morgan fingerprint density at radius 2 is 2.44 bits per heavy atom. The number of aliphatic hydroxyl groups excluding tert-OH is 2. The minimum Gasteiger partial charge on any atom is -0.392 e. The van der Waals surface area contributed by atoms with Gasteiger partial charge in [0.1, 0.15) is 0 Å². The zero-order valence-electron chi connectivity index (χ0n) is 5.38. The van der Waals surface area contributed by atoms with Crippen molar-refractivity contribution in [1.29, 1.82) is 0 Å². The molecule has 1 atom stereocenters. The summed E-state index contributed by atoms with van der Waals surface area (Å²) in [5.41, 5.74) is 0.980. The molecule has 0 aromatic heterocycles. The maximum absolute atomic E-state index is 9.02. The van der Waals surface area contributed by atoms with Gasteiger partial charge in [-0.3, -0.25) is 0 Å². The zero-order valence-corrected chi connectivity index (χ0v) is 5.38. The molecule has 0 saturated heterocycles. The van der Waals surface area contributed by atoms with E-state index in [1.807, 2.05) is 0 Å². The second-order valence-electron chi connectivity index (χ2n) is 2.44. The summed E-state index contributed by atoms with van der Waals surface area (Å²) in [4.78, 5) is 0. The molecule has 0 aromatic carbocycles. The van der Waals surface area contributed by atoms with Gasteiger partial charge in [-0.05, 0) is 24.8 Å². The van der Waals surface area contributed by atoms with Crippen LogP contribution in [-0.2, 0) is 0 Å². The Bertz CT molecular complexity index is 118. The van der Waals surface area contributed by atoms with Gasteiger partial charge in [0.15, 0.2) is 0 Å². The molecule has 0 saturated carbocycles. The Balaban J connectivity index is 2.49. The molecule has 0 radical (unpaired) electrons. The van der Waals surface area contributed by atoms with Crippen LogP contribution < -0.4 is 0 Å². The van der Waals surface area contributed by atoms with Gasteiger partial charge < -0.3 is 10.2 Å². The molecule has 52 valence electrons. The molecule has 0 heterocycles. The summed E-state index contributed by atoms with van der Waals surface area (Å²) in [6.07, 6.45) is 4.26. The van der Waals surface area contributed by atoms with Crippen LogP contribution in [0.4, 0.5) is 0 Å². The second kappa shape index (κ2) is 2.99. The number of hydrogen-bond donors (Lipinski definition) is 2. The first kappa shape index (κ1) is 6.78. The van der Waals surface area contributed by atoms with Gasteiger partial charge in [-0.25, -0.2) is 0 Å². The summed E-state index contributed by atoms with van der Waals surface area (Å²) in [5.74, 6) is 0. The van der Waals surface area contributed by atoms with Crippen LogP contribution in [-0.4, -0.2) is 22.9 Å². The molecular weight excluding hydrogens is 116 g/mol. The highest BCUT2D eigenvalue weighted by Gasteiger charge is 2.08. The molecular formula is C7H12O2. The lowest BCUT2D eigenvalue weighted by Gasteiger charge is -2.14. The van der Waals surface area contributed by atoms with E-state index in [9.17, 15) is 0 Å². The van der Waals surface area contributed by atoms with Crippen molar-refractivity contribution < 1.29 is 10.2 Å². The topological polar surface area (TPSA) is 40.5 Å². The maximum atomic E-state index is 9.02. The van der Waals surface area contributed by atoms with Crippen molar-refractivity contribution in [1.82, 2.24) is 0 Å². The normalized spacial score (nSPS) is 27.8. The minimum atomic E-state index is -0.305. The van der Waals surface area contributed by atoms with Gasteiger partial charge in [-0.2, -0.15) is 0 Å². The monoisotopic (exact) mass is 128 g/mol. The van der Waals surface area contributed by atoms with Gasteiger partial charge >= 0.3 is 0 Å². The third-order valence-corrected chi connectivity index (χ3v) is 1.63. The molecule has 0 bridgehead atoms. The smallest absolute Gasteiger partial charge is 0.0724 e. The molecule has 0 amide bonds. The fourth-order valence-electron chi connectivity index (χ4n) is 1.11. The van der Waals surface area contributed by atoms with Gasteiger partial charge in [0.2, 0.25) is 0 Å². The van der Waals surface area contributed by atoms with E-state index in [-0.39, 0.29) is 12.7 Å². The first-order chi connectivity index (χ1) is 4.33. The summed E-state index contributed by atoms with van der Waals surface area (Å²) in [6.45, 7) is 0.108. The largest absolute Gasteiger partial charge is 0.392 e. The highest BCUT2D eigenvalue weighted by molar-refractivity contribution is 5.08. The first-order valence-corrected chi connectivity index (χ1v) is 3.31. The molecule has 1 aliphatic rings. The van der Waals surface area contributed by atoms with Gasteiger partial charge in [0.05, 0.1) is 12.7 Å². The SMILES string of the molecule is OCC1=CC(O)CCC1. The highest BCUT2D eigenvalue weighted by atomic mass is 16.3. The van der Waals surface area contributed by atoms with Gasteiger partial charge in [0.25, 0.3) is 0 Å². The molecule has 0 spiro atoms. The van der Waals surface area contributed by atoms with Crippen molar-refractivity contribution in [3.05, 3.63) is 11.6 Å². The Morgan fingerprint density at radius 3 is 2.89 bits per heavy atom. The van der Waals surface area contributed by atoms with E-state index in [4.69, 9.17) is 10.2 Å². The van der Waals surface area contributed by atoms with Gasteiger partial charge in [-0.15, -0.1) is 0 Å². The Hall–Kier alpha value is -0.340. The molecule has 1 rings (SSSR count). The molecule has 2 nitrogen and oxygen atoms in total. The lowest BCUT2D eigenvalue weighted by atomic mass is 9.98. The summed E-state index contributed by atoms with van der Waals surface area (Å²) >= 11 is 0. The molecule has 2 N–H and O–H groups in total. The third kappa shape index (κ3) is 1.80. The van der Waals surface area contributed by atoms with E-state index in [0.29, 0.717) is 0 Å². The van der Waals surface area contributed by atoms with Crippen molar-refractivity contribution in [2.24, 2.45) is 0 Å². The van der Waals surface area contributed by atoms with Crippen molar-refractivity contribution in [3.63, 3.8) is 0 Å². The van der Waals surface area contributed by atoms with Gasteiger partial charge in [0, 0.05) is 0 Å². The summed E-state index contributed by atoms with van der Waals surface area (Å²) < 4.78 is 0.